The highest BCUT2D eigenvalue weighted by molar-refractivity contribution is 8.02. The maximum atomic E-state index is 14.9. The van der Waals surface area contributed by atoms with Gasteiger partial charge in [-0.3, -0.25) is 14.4 Å². The summed E-state index contributed by atoms with van der Waals surface area (Å²) < 4.78 is 4.90. The molecule has 0 aromatic heterocycles. The van der Waals surface area contributed by atoms with Crippen LogP contribution in [0.15, 0.2) is 49.6 Å². The molecular formula is C36H51N3O5S. The maximum Gasteiger partial charge on any atom is 0.247 e. The molecule has 1 saturated carbocycles. The number of amides is 3. The highest BCUT2D eigenvalue weighted by Gasteiger charge is 2.75. The molecule has 1 aliphatic carbocycles. The minimum Gasteiger partial charge on any atom is -0.494 e. The number of aliphatic hydroxyl groups is 1. The minimum absolute atomic E-state index is 0.00974. The molecule has 5 rings (SSSR count). The van der Waals surface area contributed by atoms with Crippen molar-refractivity contribution in [2.45, 2.75) is 100 Å². The van der Waals surface area contributed by atoms with Gasteiger partial charge in [0.2, 0.25) is 17.7 Å². The monoisotopic (exact) mass is 637 g/mol. The van der Waals surface area contributed by atoms with Crippen LogP contribution in [0.4, 0.5) is 5.69 Å². The fraction of sp³-hybridized carbons (Fsp3) is 0.639. The van der Waals surface area contributed by atoms with Crippen LogP contribution in [0.3, 0.4) is 0 Å². The molecule has 246 valence electrons. The third-order valence-electron chi connectivity index (χ3n) is 10.8. The molecule has 1 aromatic rings. The lowest BCUT2D eigenvalue weighted by atomic mass is 9.70. The number of carbonyl (C=O) groups is 3. The molecule has 1 N–H and O–H groups in total. The highest BCUT2D eigenvalue weighted by atomic mass is 32.2. The number of benzene rings is 1. The van der Waals surface area contributed by atoms with E-state index in [2.05, 4.69) is 13.2 Å². The molecule has 1 aromatic carbocycles. The SMILES string of the molecule is C=CCN(C(=O)[C@@H]1[C@H]2C(=O)N([C@@H](CO)[C@@H](C)CC)C(C(=O)N(CC=C)C3CCCCC3)C23CC[C@H]1S3)c1ccc(OCC)cc1. The predicted octanol–water partition coefficient (Wildman–Crippen LogP) is 5.45. The second kappa shape index (κ2) is 14.3. The van der Waals surface area contributed by atoms with Crippen molar-refractivity contribution >= 4 is 35.2 Å². The second-order valence-electron chi connectivity index (χ2n) is 13.2. The van der Waals surface area contributed by atoms with Gasteiger partial charge in [0.25, 0.3) is 0 Å². The van der Waals surface area contributed by atoms with Gasteiger partial charge in [-0.25, -0.2) is 0 Å². The van der Waals surface area contributed by atoms with Gasteiger partial charge in [-0.05, 0) is 62.8 Å². The minimum atomic E-state index is -0.728. The van der Waals surface area contributed by atoms with Gasteiger partial charge in [-0.1, -0.05) is 51.7 Å². The Labute approximate surface area is 273 Å². The van der Waals surface area contributed by atoms with Gasteiger partial charge >= 0.3 is 0 Å². The number of nitrogens with zero attached hydrogens (tertiary/aromatic N) is 3. The summed E-state index contributed by atoms with van der Waals surface area (Å²) in [7, 11) is 0. The number of aliphatic hydroxyl groups excluding tert-OH is 1. The normalized spacial score (nSPS) is 28.8. The first-order chi connectivity index (χ1) is 21.8. The third kappa shape index (κ3) is 5.95. The van der Waals surface area contributed by atoms with Crippen molar-refractivity contribution in [2.24, 2.45) is 17.8 Å². The Morgan fingerprint density at radius 1 is 1.09 bits per heavy atom. The van der Waals surface area contributed by atoms with Crippen LogP contribution in [-0.4, -0.2) is 87.1 Å². The number of anilines is 1. The Kier molecular flexibility index (Phi) is 10.7. The van der Waals surface area contributed by atoms with Crippen molar-refractivity contribution < 1.29 is 24.2 Å². The summed E-state index contributed by atoms with van der Waals surface area (Å²) in [6.45, 7) is 15.0. The third-order valence-corrected chi connectivity index (χ3v) is 12.7. The maximum absolute atomic E-state index is 14.9. The predicted molar refractivity (Wildman–Crippen MR) is 180 cm³/mol. The Morgan fingerprint density at radius 3 is 2.38 bits per heavy atom. The first-order valence-corrected chi connectivity index (χ1v) is 17.8. The molecule has 8 nitrogen and oxygen atoms in total. The molecule has 7 atom stereocenters. The van der Waals surface area contributed by atoms with E-state index >= 15 is 0 Å². The number of thioether (sulfide) groups is 1. The highest BCUT2D eigenvalue weighted by Crippen LogP contribution is 2.67. The van der Waals surface area contributed by atoms with Gasteiger partial charge in [0.05, 0.1) is 35.8 Å². The Hall–Kier alpha value is -2.78. The quantitative estimate of drug-likeness (QED) is 0.273. The zero-order valence-corrected chi connectivity index (χ0v) is 28.1. The van der Waals surface area contributed by atoms with E-state index in [1.807, 2.05) is 49.9 Å². The molecule has 4 fully saturated rings. The molecule has 45 heavy (non-hydrogen) atoms. The number of fused-ring (bicyclic) bond motifs is 1. The van der Waals surface area contributed by atoms with Crippen LogP contribution in [0.2, 0.25) is 0 Å². The van der Waals surface area contributed by atoms with E-state index in [9.17, 15) is 19.5 Å². The first-order valence-electron chi connectivity index (χ1n) is 16.9. The molecule has 9 heteroatoms. The summed E-state index contributed by atoms with van der Waals surface area (Å²) in [5.74, 6) is -0.793. The van der Waals surface area contributed by atoms with Gasteiger partial charge in [0.15, 0.2) is 0 Å². The number of rotatable bonds is 14. The lowest BCUT2D eigenvalue weighted by Gasteiger charge is -2.43. The van der Waals surface area contributed by atoms with Crippen LogP contribution in [0.5, 0.6) is 5.75 Å². The summed E-state index contributed by atoms with van der Waals surface area (Å²) in [6, 6.07) is 6.34. The number of carbonyl (C=O) groups excluding carboxylic acids is 3. The van der Waals surface area contributed by atoms with Crippen molar-refractivity contribution in [2.75, 3.05) is 31.2 Å². The van der Waals surface area contributed by atoms with Crippen molar-refractivity contribution in [1.82, 2.24) is 9.80 Å². The summed E-state index contributed by atoms with van der Waals surface area (Å²) in [6.07, 6.45) is 10.9. The number of hydrogen-bond donors (Lipinski definition) is 1. The smallest absolute Gasteiger partial charge is 0.247 e. The van der Waals surface area contributed by atoms with Crippen molar-refractivity contribution in [3.8, 4) is 5.75 Å². The van der Waals surface area contributed by atoms with Gasteiger partial charge in [-0.2, -0.15) is 0 Å². The first kappa shape index (κ1) is 33.6. The summed E-state index contributed by atoms with van der Waals surface area (Å²) >= 11 is 1.69. The molecule has 3 amide bonds. The topological polar surface area (TPSA) is 90.4 Å². The fourth-order valence-electron chi connectivity index (χ4n) is 8.45. The van der Waals surface area contributed by atoms with Crippen LogP contribution in [0.25, 0.3) is 0 Å². The van der Waals surface area contributed by atoms with Crippen LogP contribution in [-0.2, 0) is 14.4 Å². The van der Waals surface area contributed by atoms with Crippen LogP contribution < -0.4 is 9.64 Å². The van der Waals surface area contributed by atoms with E-state index in [0.29, 0.717) is 26.1 Å². The van der Waals surface area contributed by atoms with E-state index in [1.54, 1.807) is 33.7 Å². The molecule has 3 aliphatic heterocycles. The lowest BCUT2D eigenvalue weighted by Crippen LogP contribution is -2.60. The van der Waals surface area contributed by atoms with E-state index in [4.69, 9.17) is 4.74 Å². The molecular weight excluding hydrogens is 586 g/mol. The van der Waals surface area contributed by atoms with Crippen molar-refractivity contribution in [1.29, 1.82) is 0 Å². The largest absolute Gasteiger partial charge is 0.494 e. The zero-order valence-electron chi connectivity index (χ0n) is 27.2. The van der Waals surface area contributed by atoms with Crippen molar-refractivity contribution in [3.05, 3.63) is 49.6 Å². The summed E-state index contributed by atoms with van der Waals surface area (Å²) in [5.41, 5.74) is 0.724. The van der Waals surface area contributed by atoms with Crippen LogP contribution >= 0.6 is 11.8 Å². The van der Waals surface area contributed by atoms with E-state index in [-0.39, 0.29) is 41.5 Å². The van der Waals surface area contributed by atoms with Gasteiger partial charge in [0, 0.05) is 30.1 Å². The fourth-order valence-corrected chi connectivity index (χ4v) is 10.6. The molecule has 2 bridgehead atoms. The van der Waals surface area contributed by atoms with E-state index in [0.717, 1.165) is 50.0 Å². The van der Waals surface area contributed by atoms with E-state index < -0.39 is 28.7 Å². The Balaban J connectivity index is 1.55. The van der Waals surface area contributed by atoms with Crippen LogP contribution in [0, 0.1) is 17.8 Å². The Morgan fingerprint density at radius 2 is 1.78 bits per heavy atom. The van der Waals surface area contributed by atoms with Gasteiger partial charge < -0.3 is 24.5 Å². The zero-order chi connectivity index (χ0) is 32.3. The van der Waals surface area contributed by atoms with E-state index in [1.165, 1.54) is 6.42 Å². The summed E-state index contributed by atoms with van der Waals surface area (Å²) in [5, 5.41) is 10.7. The second-order valence-corrected chi connectivity index (χ2v) is 14.8. The molecule has 4 aliphatic rings. The molecule has 3 saturated heterocycles. The Bertz CT molecular complexity index is 1250. The van der Waals surface area contributed by atoms with Gasteiger partial charge in [-0.15, -0.1) is 24.9 Å². The van der Waals surface area contributed by atoms with Crippen LogP contribution in [0.1, 0.15) is 72.1 Å². The number of hydrogen-bond acceptors (Lipinski definition) is 6. The number of likely N-dealkylation sites (tertiary alicyclic amines) is 1. The average Bonchev–Trinajstić information content (AvgIpc) is 3.71. The molecule has 2 unspecified atom stereocenters. The molecule has 3 heterocycles. The molecule has 1 spiro atoms. The standard InChI is InChI=1S/C36H51N3O5S/c1-6-21-37(26-15-17-27(18-16-26)44-9-4)33(41)30-29-19-20-36(45-29)31(30)34(42)39(28(23-40)24(5)8-3)32(36)35(43)38(22-7-2)25-13-11-10-12-14-25/h6-7,15-18,24-25,28-32,40H,1-2,8-14,19-23H2,3-5H3/t24-,28-,29+,30-,31-,32?,36?/m0/s1. The van der Waals surface area contributed by atoms with Crippen molar-refractivity contribution in [3.63, 3.8) is 0 Å². The average molecular weight is 638 g/mol. The lowest BCUT2D eigenvalue weighted by molar-refractivity contribution is -0.148. The molecule has 0 radical (unpaired) electrons. The van der Waals surface area contributed by atoms with Gasteiger partial charge in [0.1, 0.15) is 11.8 Å². The number of ether oxygens (including phenoxy) is 1. The summed E-state index contributed by atoms with van der Waals surface area (Å²) in [4.78, 5) is 49.8.